The number of halogens is 1. The van der Waals surface area contributed by atoms with Crippen molar-refractivity contribution < 1.29 is 0 Å². The van der Waals surface area contributed by atoms with Gasteiger partial charge in [0.15, 0.2) is 0 Å². The summed E-state index contributed by atoms with van der Waals surface area (Å²) in [7, 11) is 0. The highest BCUT2D eigenvalue weighted by molar-refractivity contribution is 9.10. The lowest BCUT2D eigenvalue weighted by atomic mass is 10.3. The molecule has 2 nitrogen and oxygen atoms in total. The van der Waals surface area contributed by atoms with E-state index < -0.39 is 0 Å². The lowest BCUT2D eigenvalue weighted by Gasteiger charge is -2.04. The Labute approximate surface area is 85.1 Å². The zero-order chi connectivity index (χ0) is 9.14. The number of nitrogens with zero attached hydrogens (tertiary/aromatic N) is 1. The largest absolute Gasteiger partial charge is 0.313 e. The normalized spacial score (nSPS) is 10.2. The highest BCUT2D eigenvalue weighted by Crippen LogP contribution is 2.07. The van der Waals surface area contributed by atoms with Crippen LogP contribution in [-0.2, 0) is 6.54 Å². The Balaban J connectivity index is 3.19. The van der Waals surface area contributed by atoms with Gasteiger partial charge >= 0.3 is 0 Å². The first-order chi connectivity index (χ1) is 5.65. The highest BCUT2D eigenvalue weighted by atomic mass is 79.9. The predicted molar refractivity (Wildman–Crippen MR) is 57.0 cm³/mol. The van der Waals surface area contributed by atoms with Gasteiger partial charge in [0.2, 0.25) is 0 Å². The summed E-state index contributed by atoms with van der Waals surface area (Å²) in [5, 5.41) is 0. The van der Waals surface area contributed by atoms with Gasteiger partial charge in [0, 0.05) is 28.5 Å². The topological polar surface area (TPSA) is 22.0 Å². The quantitative estimate of drug-likeness (QED) is 0.793. The molecule has 66 valence electrons. The molecular weight excluding hydrogens is 238 g/mol. The van der Waals surface area contributed by atoms with E-state index in [9.17, 15) is 4.79 Å². The van der Waals surface area contributed by atoms with Crippen molar-refractivity contribution in [1.82, 2.24) is 4.57 Å². The molecule has 0 aliphatic carbocycles. The fourth-order valence-electron chi connectivity index (χ4n) is 1.01. The Morgan fingerprint density at radius 2 is 2.33 bits per heavy atom. The maximum Gasteiger partial charge on any atom is 0.253 e. The summed E-state index contributed by atoms with van der Waals surface area (Å²) in [6.07, 6.45) is 1.78. The molecule has 0 fully saturated rings. The van der Waals surface area contributed by atoms with E-state index in [1.807, 2.05) is 13.0 Å². The van der Waals surface area contributed by atoms with E-state index in [-0.39, 0.29) is 5.56 Å². The van der Waals surface area contributed by atoms with Crippen molar-refractivity contribution in [2.45, 2.75) is 13.5 Å². The Kier molecular flexibility index (Phi) is 3.40. The van der Waals surface area contributed by atoms with Crippen molar-refractivity contribution in [1.29, 1.82) is 0 Å². The van der Waals surface area contributed by atoms with Gasteiger partial charge in [0.1, 0.15) is 0 Å². The molecular formula is C8H10BrNOS. The van der Waals surface area contributed by atoms with Gasteiger partial charge in [-0.15, -0.1) is 0 Å². The summed E-state index contributed by atoms with van der Waals surface area (Å²) >= 11 is 7.41. The molecule has 0 aliphatic rings. The van der Waals surface area contributed by atoms with Crippen molar-refractivity contribution in [2.75, 3.05) is 5.75 Å². The van der Waals surface area contributed by atoms with Crippen molar-refractivity contribution in [3.05, 3.63) is 32.7 Å². The van der Waals surface area contributed by atoms with Gasteiger partial charge in [-0.3, -0.25) is 4.79 Å². The molecule has 1 aromatic heterocycles. The van der Waals surface area contributed by atoms with Gasteiger partial charge in [-0.2, -0.15) is 12.6 Å². The molecule has 0 atom stereocenters. The van der Waals surface area contributed by atoms with Crippen LogP contribution in [0.1, 0.15) is 5.56 Å². The summed E-state index contributed by atoms with van der Waals surface area (Å²) < 4.78 is 2.59. The van der Waals surface area contributed by atoms with Crippen LogP contribution in [0.2, 0.25) is 0 Å². The highest BCUT2D eigenvalue weighted by Gasteiger charge is 1.99. The third-order valence-corrected chi connectivity index (χ3v) is 2.21. The maximum atomic E-state index is 11.4. The number of hydrogen-bond donors (Lipinski definition) is 1. The van der Waals surface area contributed by atoms with E-state index in [2.05, 4.69) is 28.6 Å². The van der Waals surface area contributed by atoms with Gasteiger partial charge in [-0.25, -0.2) is 0 Å². The third-order valence-electron chi connectivity index (χ3n) is 1.57. The molecule has 0 spiro atoms. The Morgan fingerprint density at radius 3 is 2.92 bits per heavy atom. The van der Waals surface area contributed by atoms with E-state index in [1.54, 1.807) is 10.8 Å². The average Bonchev–Trinajstić information content (AvgIpc) is 2.00. The van der Waals surface area contributed by atoms with Crippen LogP contribution in [0.15, 0.2) is 21.5 Å². The number of hydrogen-bond acceptors (Lipinski definition) is 2. The van der Waals surface area contributed by atoms with Crippen LogP contribution in [0.3, 0.4) is 0 Å². The first-order valence-electron chi connectivity index (χ1n) is 3.62. The number of aromatic nitrogens is 1. The fourth-order valence-corrected chi connectivity index (χ4v) is 1.82. The maximum absolute atomic E-state index is 11.4. The minimum Gasteiger partial charge on any atom is -0.313 e. The van der Waals surface area contributed by atoms with Crippen LogP contribution < -0.4 is 5.56 Å². The molecule has 1 rings (SSSR count). The second-order valence-electron chi connectivity index (χ2n) is 2.56. The monoisotopic (exact) mass is 247 g/mol. The molecule has 0 bridgehead atoms. The minimum atomic E-state index is 0.0623. The van der Waals surface area contributed by atoms with Crippen molar-refractivity contribution in [3.63, 3.8) is 0 Å². The molecule has 1 heterocycles. The number of thiol groups is 1. The Morgan fingerprint density at radius 1 is 1.67 bits per heavy atom. The van der Waals surface area contributed by atoms with E-state index in [0.29, 0.717) is 12.3 Å². The Bertz CT molecular complexity index is 334. The van der Waals surface area contributed by atoms with E-state index >= 15 is 0 Å². The van der Waals surface area contributed by atoms with Crippen molar-refractivity contribution in [2.24, 2.45) is 0 Å². The first-order valence-corrected chi connectivity index (χ1v) is 5.05. The van der Waals surface area contributed by atoms with E-state index in [0.717, 1.165) is 10.0 Å². The first kappa shape index (κ1) is 9.86. The van der Waals surface area contributed by atoms with E-state index in [4.69, 9.17) is 0 Å². The molecule has 0 amide bonds. The van der Waals surface area contributed by atoms with Gasteiger partial charge in [0.05, 0.1) is 0 Å². The Hall–Kier alpha value is -0.220. The smallest absolute Gasteiger partial charge is 0.253 e. The summed E-state index contributed by atoms with van der Waals surface area (Å²) in [5.41, 5.74) is 0.818. The molecule has 0 aromatic carbocycles. The summed E-state index contributed by atoms with van der Waals surface area (Å²) in [5.74, 6) is 0.676. The number of rotatable bonds is 2. The summed E-state index contributed by atoms with van der Waals surface area (Å²) in [6.45, 7) is 2.46. The van der Waals surface area contributed by atoms with Crippen LogP contribution in [-0.4, -0.2) is 10.3 Å². The molecule has 0 saturated carbocycles. The van der Waals surface area contributed by atoms with Gasteiger partial charge in [-0.05, 0) is 28.9 Å². The third kappa shape index (κ3) is 2.14. The van der Waals surface area contributed by atoms with Crippen molar-refractivity contribution in [3.8, 4) is 0 Å². The number of aryl methyl sites for hydroxylation is 2. The second kappa shape index (κ2) is 4.14. The van der Waals surface area contributed by atoms with Gasteiger partial charge in [0.25, 0.3) is 5.56 Å². The van der Waals surface area contributed by atoms with E-state index in [1.165, 1.54) is 0 Å². The molecule has 0 radical (unpaired) electrons. The van der Waals surface area contributed by atoms with Gasteiger partial charge < -0.3 is 4.57 Å². The van der Waals surface area contributed by atoms with Crippen LogP contribution in [0, 0.1) is 6.92 Å². The molecule has 0 unspecified atom stereocenters. The second-order valence-corrected chi connectivity index (χ2v) is 3.93. The van der Waals surface area contributed by atoms with Crippen LogP contribution in [0.25, 0.3) is 0 Å². The zero-order valence-electron chi connectivity index (χ0n) is 6.75. The minimum absolute atomic E-state index is 0.0623. The molecule has 4 heteroatoms. The van der Waals surface area contributed by atoms with Crippen LogP contribution in [0.4, 0.5) is 0 Å². The molecule has 0 aliphatic heterocycles. The molecule has 12 heavy (non-hydrogen) atoms. The lowest BCUT2D eigenvalue weighted by molar-refractivity contribution is 0.727. The zero-order valence-corrected chi connectivity index (χ0v) is 9.23. The lowest BCUT2D eigenvalue weighted by Crippen LogP contribution is -2.22. The molecule has 0 saturated heterocycles. The SMILES string of the molecule is Cc1cc(Br)cn(CCS)c1=O. The fraction of sp³-hybridized carbons (Fsp3) is 0.375. The predicted octanol–water partition coefficient (Wildman–Crippen LogP) is 1.85. The number of pyridine rings is 1. The summed E-state index contributed by atoms with van der Waals surface area (Å²) in [4.78, 5) is 11.4. The van der Waals surface area contributed by atoms with Crippen LogP contribution in [0.5, 0.6) is 0 Å². The standard InChI is InChI=1S/C8H10BrNOS/c1-6-4-7(9)5-10(2-3-12)8(6)11/h4-5,12H,2-3H2,1H3. The van der Waals surface area contributed by atoms with Gasteiger partial charge in [-0.1, -0.05) is 0 Å². The summed E-state index contributed by atoms with van der Waals surface area (Å²) in [6, 6.07) is 1.82. The molecule has 0 N–H and O–H groups in total. The van der Waals surface area contributed by atoms with Crippen LogP contribution >= 0.6 is 28.6 Å². The molecule has 1 aromatic rings. The van der Waals surface area contributed by atoms with Crippen molar-refractivity contribution >= 4 is 28.6 Å². The average molecular weight is 248 g/mol.